The van der Waals surface area contributed by atoms with Gasteiger partial charge in [-0.15, -0.1) is 0 Å². The van der Waals surface area contributed by atoms with E-state index in [0.717, 1.165) is 11.3 Å². The maximum Gasteiger partial charge on any atom is 0.254 e. The van der Waals surface area contributed by atoms with Gasteiger partial charge in [0, 0.05) is 24.2 Å². The molecular weight excluding hydrogens is 268 g/mol. The Hall–Kier alpha value is -1.88. The Morgan fingerprint density at radius 2 is 2.14 bits per heavy atom. The van der Waals surface area contributed by atoms with Gasteiger partial charge in [0.15, 0.2) is 0 Å². The van der Waals surface area contributed by atoms with Crippen molar-refractivity contribution in [3.63, 3.8) is 0 Å². The maximum absolute atomic E-state index is 12.7. The molecule has 2 aliphatic heterocycles. The summed E-state index contributed by atoms with van der Waals surface area (Å²) in [6.45, 7) is 5.18. The molecule has 2 atom stereocenters. The molecule has 1 N–H and O–H groups in total. The molecule has 1 fully saturated rings. The Labute approximate surface area is 124 Å². The van der Waals surface area contributed by atoms with Crippen LogP contribution in [-0.2, 0) is 16.0 Å². The summed E-state index contributed by atoms with van der Waals surface area (Å²) in [5.74, 6) is 0.0783. The van der Waals surface area contributed by atoms with Gasteiger partial charge in [-0.3, -0.25) is 9.59 Å². The molecule has 0 saturated carbocycles. The Balaban J connectivity index is 1.83. The predicted molar refractivity (Wildman–Crippen MR) is 79.3 cm³/mol. The van der Waals surface area contributed by atoms with Crippen molar-refractivity contribution in [2.75, 3.05) is 18.5 Å². The summed E-state index contributed by atoms with van der Waals surface area (Å²) >= 11 is 0. The first-order valence-corrected chi connectivity index (χ1v) is 7.40. The van der Waals surface area contributed by atoms with E-state index in [2.05, 4.69) is 5.32 Å². The van der Waals surface area contributed by atoms with Gasteiger partial charge in [0.1, 0.15) is 0 Å². The van der Waals surface area contributed by atoms with Crippen LogP contribution < -0.4 is 5.32 Å². The van der Waals surface area contributed by atoms with Crippen molar-refractivity contribution < 1.29 is 14.3 Å². The van der Waals surface area contributed by atoms with E-state index in [1.54, 1.807) is 6.07 Å². The molecule has 2 amide bonds. The number of ether oxygens (including phenoxy) is 1. The molecule has 0 radical (unpaired) electrons. The van der Waals surface area contributed by atoms with E-state index in [-0.39, 0.29) is 24.0 Å². The molecule has 1 aromatic rings. The van der Waals surface area contributed by atoms with Gasteiger partial charge < -0.3 is 15.0 Å². The Morgan fingerprint density at radius 1 is 1.33 bits per heavy atom. The highest BCUT2D eigenvalue weighted by molar-refractivity contribution is 5.98. The third-order valence-corrected chi connectivity index (χ3v) is 4.12. The number of hydrogen-bond donors (Lipinski definition) is 1. The van der Waals surface area contributed by atoms with Crippen molar-refractivity contribution in [2.45, 2.75) is 38.8 Å². The molecule has 5 heteroatoms. The zero-order valence-corrected chi connectivity index (χ0v) is 12.4. The van der Waals surface area contributed by atoms with E-state index in [1.165, 1.54) is 0 Å². The number of anilines is 1. The van der Waals surface area contributed by atoms with E-state index in [0.29, 0.717) is 31.6 Å². The fourth-order valence-electron chi connectivity index (χ4n) is 2.87. The largest absolute Gasteiger partial charge is 0.375 e. The molecule has 2 aliphatic rings. The summed E-state index contributed by atoms with van der Waals surface area (Å²) in [5.41, 5.74) is 2.55. The second-order valence-corrected chi connectivity index (χ2v) is 5.87. The highest BCUT2D eigenvalue weighted by Crippen LogP contribution is 2.25. The van der Waals surface area contributed by atoms with E-state index in [1.807, 2.05) is 30.9 Å². The van der Waals surface area contributed by atoms with Gasteiger partial charge >= 0.3 is 0 Å². The minimum atomic E-state index is 0.0391. The van der Waals surface area contributed by atoms with Gasteiger partial charge in [-0.25, -0.2) is 0 Å². The van der Waals surface area contributed by atoms with Gasteiger partial charge in [0.25, 0.3) is 5.91 Å². The minimum Gasteiger partial charge on any atom is -0.375 e. The van der Waals surface area contributed by atoms with Crippen molar-refractivity contribution in [1.82, 2.24) is 4.90 Å². The molecule has 1 saturated heterocycles. The molecule has 3 rings (SSSR count). The van der Waals surface area contributed by atoms with Crippen LogP contribution in [0.1, 0.15) is 36.2 Å². The first-order chi connectivity index (χ1) is 10.0. The number of amides is 2. The lowest BCUT2D eigenvalue weighted by atomic mass is 9.99. The number of aryl methyl sites for hydroxylation is 1. The van der Waals surface area contributed by atoms with Crippen molar-refractivity contribution >= 4 is 17.5 Å². The molecule has 2 heterocycles. The third kappa shape index (κ3) is 2.78. The maximum atomic E-state index is 12.7. The van der Waals surface area contributed by atoms with Crippen molar-refractivity contribution in [1.29, 1.82) is 0 Å². The number of benzene rings is 1. The lowest BCUT2D eigenvalue weighted by Crippen LogP contribution is -2.50. The molecule has 0 spiro atoms. The molecule has 0 bridgehead atoms. The van der Waals surface area contributed by atoms with Gasteiger partial charge in [0.2, 0.25) is 5.91 Å². The predicted octanol–water partition coefficient (Wildman–Crippen LogP) is 1.82. The van der Waals surface area contributed by atoms with Gasteiger partial charge in [-0.2, -0.15) is 0 Å². The highest BCUT2D eigenvalue weighted by atomic mass is 16.5. The van der Waals surface area contributed by atoms with Crippen LogP contribution in [0.15, 0.2) is 18.2 Å². The van der Waals surface area contributed by atoms with E-state index < -0.39 is 0 Å². The summed E-state index contributed by atoms with van der Waals surface area (Å²) in [5, 5.41) is 2.84. The average Bonchev–Trinajstić information content (AvgIpc) is 2.48. The fourth-order valence-corrected chi connectivity index (χ4v) is 2.87. The lowest BCUT2D eigenvalue weighted by molar-refractivity contribution is -0.116. The van der Waals surface area contributed by atoms with Crippen molar-refractivity contribution in [3.8, 4) is 0 Å². The second kappa shape index (κ2) is 5.48. The molecule has 1 aromatic carbocycles. The first kappa shape index (κ1) is 14.1. The van der Waals surface area contributed by atoms with Gasteiger partial charge in [-0.05, 0) is 44.0 Å². The quantitative estimate of drug-likeness (QED) is 0.857. The summed E-state index contributed by atoms with van der Waals surface area (Å²) in [7, 11) is 0. The van der Waals surface area contributed by atoms with Crippen LogP contribution in [0.4, 0.5) is 5.69 Å². The molecule has 0 aromatic heterocycles. The summed E-state index contributed by atoms with van der Waals surface area (Å²) in [6, 6.07) is 5.61. The van der Waals surface area contributed by atoms with Crippen molar-refractivity contribution in [2.24, 2.45) is 0 Å². The Kier molecular flexibility index (Phi) is 3.68. The van der Waals surface area contributed by atoms with Crippen LogP contribution in [0.5, 0.6) is 0 Å². The first-order valence-electron chi connectivity index (χ1n) is 7.40. The number of nitrogens with one attached hydrogen (secondary N) is 1. The average molecular weight is 288 g/mol. The zero-order chi connectivity index (χ0) is 15.0. The smallest absolute Gasteiger partial charge is 0.254 e. The number of fused-ring (bicyclic) bond motifs is 1. The summed E-state index contributed by atoms with van der Waals surface area (Å²) in [4.78, 5) is 25.9. The van der Waals surface area contributed by atoms with Gasteiger partial charge in [0.05, 0.1) is 18.8 Å². The molecule has 21 heavy (non-hydrogen) atoms. The van der Waals surface area contributed by atoms with Crippen LogP contribution in [0.25, 0.3) is 0 Å². The number of carbonyl (C=O) groups excluding carboxylic acids is 2. The van der Waals surface area contributed by atoms with Crippen LogP contribution in [0.2, 0.25) is 0 Å². The standard InChI is InChI=1S/C16H20N2O3/c1-10-9-21-11(2)8-18(10)16(20)13-3-5-14-12(7-13)4-6-15(19)17-14/h3,5,7,10-11H,4,6,8-9H2,1-2H3,(H,17,19)/t10-,11+/m0/s1. The van der Waals surface area contributed by atoms with E-state index in [4.69, 9.17) is 4.74 Å². The van der Waals surface area contributed by atoms with Crippen molar-refractivity contribution in [3.05, 3.63) is 29.3 Å². The topological polar surface area (TPSA) is 58.6 Å². The third-order valence-electron chi connectivity index (χ3n) is 4.12. The number of morpholine rings is 1. The Bertz CT molecular complexity index is 585. The number of hydrogen-bond acceptors (Lipinski definition) is 3. The van der Waals surface area contributed by atoms with Crippen LogP contribution >= 0.6 is 0 Å². The molecule has 112 valence electrons. The lowest BCUT2D eigenvalue weighted by Gasteiger charge is -2.37. The van der Waals surface area contributed by atoms with Crippen LogP contribution in [-0.4, -0.2) is 42.0 Å². The number of rotatable bonds is 1. The minimum absolute atomic E-state index is 0.0391. The zero-order valence-electron chi connectivity index (χ0n) is 12.4. The Morgan fingerprint density at radius 3 is 2.95 bits per heavy atom. The molecule has 5 nitrogen and oxygen atoms in total. The number of carbonyl (C=O) groups is 2. The highest BCUT2D eigenvalue weighted by Gasteiger charge is 2.28. The number of nitrogens with zero attached hydrogens (tertiary/aromatic N) is 1. The molecular formula is C16H20N2O3. The van der Waals surface area contributed by atoms with Gasteiger partial charge in [-0.1, -0.05) is 0 Å². The van der Waals surface area contributed by atoms with E-state index in [9.17, 15) is 9.59 Å². The van der Waals surface area contributed by atoms with Crippen LogP contribution in [0.3, 0.4) is 0 Å². The van der Waals surface area contributed by atoms with E-state index >= 15 is 0 Å². The normalized spacial score (nSPS) is 25.2. The SMILES string of the molecule is C[C@@H]1CN(C(=O)c2ccc3c(c2)CCC(=O)N3)[C@@H](C)CO1. The molecule has 0 aliphatic carbocycles. The monoisotopic (exact) mass is 288 g/mol. The molecule has 0 unspecified atom stereocenters. The summed E-state index contributed by atoms with van der Waals surface area (Å²) in [6.07, 6.45) is 1.24. The van der Waals surface area contributed by atoms with Crippen LogP contribution in [0, 0.1) is 0 Å². The fraction of sp³-hybridized carbons (Fsp3) is 0.500. The second-order valence-electron chi connectivity index (χ2n) is 5.87. The summed E-state index contributed by atoms with van der Waals surface area (Å²) < 4.78 is 5.57.